The number of carbonyl (C=O) groups excluding carboxylic acids is 1. The number of carbonyl (C=O) groups is 1. The standard InChI is InChI=1S/C23H31NO3.ClH/c1-5-24(6-2)17-18(3)19(4)27-22(25)23(26,20-13-9-7-10-14-20)21-15-11-8-12-16-21;/h7-16,18-19,26H,5-6,17H2,1-4H3;1H. The molecule has 2 unspecified atom stereocenters. The largest absolute Gasteiger partial charge is 1.00 e. The van der Waals surface area contributed by atoms with E-state index in [1.54, 1.807) is 24.3 Å². The molecule has 0 amide bonds. The summed E-state index contributed by atoms with van der Waals surface area (Å²) >= 11 is 0. The first-order valence-electron chi connectivity index (χ1n) is 9.81. The topological polar surface area (TPSA) is 51.0 Å². The minimum absolute atomic E-state index is 0. The van der Waals surface area contributed by atoms with Gasteiger partial charge in [-0.25, -0.2) is 4.79 Å². The Balaban J connectivity index is 0.00000392. The lowest BCUT2D eigenvalue weighted by atomic mass is 9.86. The first-order chi connectivity index (χ1) is 12.9. The van der Waals surface area contributed by atoms with Gasteiger partial charge in [-0.15, -0.1) is 0 Å². The van der Waals surface area contributed by atoms with Crippen molar-refractivity contribution in [2.24, 2.45) is 5.92 Å². The Hall–Kier alpha value is -1.88. The lowest BCUT2D eigenvalue weighted by Gasteiger charge is -2.31. The van der Waals surface area contributed by atoms with Gasteiger partial charge in [0, 0.05) is 5.92 Å². The number of halogens is 1. The van der Waals surface area contributed by atoms with Crippen LogP contribution in [0.5, 0.6) is 0 Å². The summed E-state index contributed by atoms with van der Waals surface area (Å²) in [7, 11) is 0. The van der Waals surface area contributed by atoms with Gasteiger partial charge in [-0.1, -0.05) is 67.6 Å². The van der Waals surface area contributed by atoms with Gasteiger partial charge in [0.2, 0.25) is 5.60 Å². The molecule has 5 heteroatoms. The molecule has 0 bridgehead atoms. The Labute approximate surface area is 174 Å². The van der Waals surface area contributed by atoms with E-state index in [4.69, 9.17) is 4.74 Å². The van der Waals surface area contributed by atoms with Gasteiger partial charge in [0.25, 0.3) is 0 Å². The molecule has 2 aromatic rings. The van der Waals surface area contributed by atoms with E-state index in [0.29, 0.717) is 11.1 Å². The van der Waals surface area contributed by atoms with E-state index in [9.17, 15) is 9.90 Å². The number of rotatable bonds is 9. The van der Waals surface area contributed by atoms with Crippen molar-refractivity contribution in [2.45, 2.75) is 39.4 Å². The number of benzene rings is 2. The van der Waals surface area contributed by atoms with Crippen molar-refractivity contribution in [3.8, 4) is 0 Å². The molecule has 28 heavy (non-hydrogen) atoms. The first kappa shape index (κ1) is 24.2. The van der Waals surface area contributed by atoms with Crippen LogP contribution in [-0.2, 0) is 15.1 Å². The Morgan fingerprint density at radius 3 is 1.79 bits per heavy atom. The maximum Gasteiger partial charge on any atom is 0.347 e. The highest BCUT2D eigenvalue weighted by atomic mass is 35.5. The molecule has 4 nitrogen and oxygen atoms in total. The Morgan fingerprint density at radius 1 is 0.964 bits per heavy atom. The van der Waals surface area contributed by atoms with Gasteiger partial charge in [0.15, 0.2) is 0 Å². The molecule has 2 N–H and O–H groups in total. The predicted octanol–water partition coefficient (Wildman–Crippen LogP) is -0.581. The third-order valence-electron chi connectivity index (χ3n) is 5.38. The zero-order valence-corrected chi connectivity index (χ0v) is 17.9. The highest BCUT2D eigenvalue weighted by molar-refractivity contribution is 5.85. The normalized spacial score (nSPS) is 13.5. The summed E-state index contributed by atoms with van der Waals surface area (Å²) in [5, 5.41) is 11.4. The molecule has 0 aromatic heterocycles. The van der Waals surface area contributed by atoms with Gasteiger partial charge in [-0.2, -0.15) is 0 Å². The molecule has 0 fully saturated rings. The van der Waals surface area contributed by atoms with Crippen LogP contribution >= 0.6 is 0 Å². The zero-order chi connectivity index (χ0) is 19.9. The van der Waals surface area contributed by atoms with Crippen LogP contribution < -0.4 is 17.3 Å². The second-order valence-electron chi connectivity index (χ2n) is 7.19. The molecule has 0 aliphatic carbocycles. The van der Waals surface area contributed by atoms with Gasteiger partial charge < -0.3 is 27.2 Å². The fourth-order valence-electron chi connectivity index (χ4n) is 3.29. The van der Waals surface area contributed by atoms with Crippen LogP contribution in [0.2, 0.25) is 0 Å². The summed E-state index contributed by atoms with van der Waals surface area (Å²) in [6.45, 7) is 11.3. The van der Waals surface area contributed by atoms with Gasteiger partial charge in [0.05, 0.1) is 19.6 Å². The number of hydrogen-bond acceptors (Lipinski definition) is 3. The number of aliphatic hydroxyl groups is 1. The van der Waals surface area contributed by atoms with E-state index in [2.05, 4.69) is 20.8 Å². The second-order valence-corrected chi connectivity index (χ2v) is 7.19. The van der Waals surface area contributed by atoms with Crippen molar-refractivity contribution in [3.63, 3.8) is 0 Å². The molecule has 2 aromatic carbocycles. The Bertz CT molecular complexity index is 665. The number of esters is 1. The average Bonchev–Trinajstić information content (AvgIpc) is 2.72. The number of hydrogen-bond donors (Lipinski definition) is 2. The van der Waals surface area contributed by atoms with Crippen molar-refractivity contribution >= 4 is 5.97 Å². The van der Waals surface area contributed by atoms with Crippen molar-refractivity contribution in [1.82, 2.24) is 0 Å². The molecule has 0 aliphatic rings. The maximum atomic E-state index is 13.1. The van der Waals surface area contributed by atoms with Crippen LogP contribution in [-0.4, -0.2) is 36.8 Å². The molecule has 2 rings (SSSR count). The van der Waals surface area contributed by atoms with Gasteiger partial charge in [0.1, 0.15) is 6.10 Å². The second kappa shape index (κ2) is 11.2. The minimum atomic E-state index is -1.82. The molecule has 154 valence electrons. The molecule has 0 heterocycles. The maximum absolute atomic E-state index is 13.1. The van der Waals surface area contributed by atoms with Crippen LogP contribution in [0.1, 0.15) is 38.8 Å². The summed E-state index contributed by atoms with van der Waals surface area (Å²) in [5.74, 6) is -0.437. The molecule has 0 radical (unpaired) electrons. The summed E-state index contributed by atoms with van der Waals surface area (Å²) in [6, 6.07) is 18.0. The molecule has 0 spiro atoms. The quantitative estimate of drug-likeness (QED) is 0.549. The van der Waals surface area contributed by atoms with E-state index in [1.807, 2.05) is 43.3 Å². The fourth-order valence-corrected chi connectivity index (χ4v) is 3.29. The summed E-state index contributed by atoms with van der Waals surface area (Å²) < 4.78 is 5.77. The Kier molecular flexibility index (Phi) is 9.66. The van der Waals surface area contributed by atoms with Crippen LogP contribution in [0.15, 0.2) is 60.7 Å². The van der Waals surface area contributed by atoms with Crippen molar-refractivity contribution in [3.05, 3.63) is 71.8 Å². The van der Waals surface area contributed by atoms with E-state index < -0.39 is 11.6 Å². The van der Waals surface area contributed by atoms with Crippen molar-refractivity contribution in [1.29, 1.82) is 0 Å². The number of ether oxygens (including phenoxy) is 1. The van der Waals surface area contributed by atoms with E-state index in [-0.39, 0.29) is 24.4 Å². The molecular weight excluding hydrogens is 374 g/mol. The van der Waals surface area contributed by atoms with Crippen molar-refractivity contribution < 1.29 is 31.9 Å². The highest BCUT2D eigenvalue weighted by Gasteiger charge is 2.42. The summed E-state index contributed by atoms with van der Waals surface area (Å²) in [5.41, 5.74) is -0.802. The monoisotopic (exact) mass is 405 g/mol. The SMILES string of the molecule is CC[NH+](CC)CC(C)C(C)OC(=O)C(O)(c1ccccc1)c1ccccc1.[Cl-]. The third kappa shape index (κ3) is 5.57. The average molecular weight is 406 g/mol. The van der Waals surface area contributed by atoms with Gasteiger partial charge in [-0.3, -0.25) is 0 Å². The predicted molar refractivity (Wildman–Crippen MR) is 108 cm³/mol. The Morgan fingerprint density at radius 2 is 1.39 bits per heavy atom. The molecule has 0 saturated heterocycles. The van der Waals surface area contributed by atoms with Crippen molar-refractivity contribution in [2.75, 3.05) is 19.6 Å². The van der Waals surface area contributed by atoms with Crippen LogP contribution in [0, 0.1) is 5.92 Å². The van der Waals surface area contributed by atoms with E-state index in [1.165, 1.54) is 4.90 Å². The van der Waals surface area contributed by atoms with Crippen LogP contribution in [0.3, 0.4) is 0 Å². The van der Waals surface area contributed by atoms with Gasteiger partial charge >= 0.3 is 5.97 Å². The first-order valence-corrected chi connectivity index (χ1v) is 9.81. The number of nitrogens with one attached hydrogen (secondary N) is 1. The van der Waals surface area contributed by atoms with Crippen LogP contribution in [0.4, 0.5) is 0 Å². The highest BCUT2D eigenvalue weighted by Crippen LogP contribution is 2.31. The summed E-state index contributed by atoms with van der Waals surface area (Å²) in [6.07, 6.45) is -0.287. The van der Waals surface area contributed by atoms with E-state index in [0.717, 1.165) is 19.6 Å². The lowest BCUT2D eigenvalue weighted by Crippen LogP contribution is -3.12. The number of quaternary nitrogens is 1. The van der Waals surface area contributed by atoms with Gasteiger partial charge in [-0.05, 0) is 31.9 Å². The zero-order valence-electron chi connectivity index (χ0n) is 17.2. The molecule has 0 saturated carbocycles. The van der Waals surface area contributed by atoms with E-state index >= 15 is 0 Å². The lowest BCUT2D eigenvalue weighted by molar-refractivity contribution is -0.900. The minimum Gasteiger partial charge on any atom is -1.00 e. The summed E-state index contributed by atoms with van der Waals surface area (Å²) in [4.78, 5) is 14.6. The van der Waals surface area contributed by atoms with Crippen LogP contribution in [0.25, 0.3) is 0 Å². The molecule has 0 aliphatic heterocycles. The fraction of sp³-hybridized carbons (Fsp3) is 0.435. The molecule has 2 atom stereocenters. The smallest absolute Gasteiger partial charge is 0.347 e. The third-order valence-corrected chi connectivity index (χ3v) is 5.38. The molecular formula is C23H32ClNO3.